The Labute approximate surface area is 276 Å². The van der Waals surface area contributed by atoms with E-state index in [0.717, 1.165) is 13.1 Å². The van der Waals surface area contributed by atoms with Crippen LogP contribution in [-0.2, 0) is 38.1 Å². The van der Waals surface area contributed by atoms with Gasteiger partial charge in [0.15, 0.2) is 0 Å². The predicted octanol–water partition coefficient (Wildman–Crippen LogP) is 0.402. The number of carbonyl (C=O) groups excluding carboxylic acids is 5. The van der Waals surface area contributed by atoms with Crippen LogP contribution < -0.4 is 16.0 Å². The van der Waals surface area contributed by atoms with E-state index in [0.29, 0.717) is 38.8 Å². The second-order valence-electron chi connectivity index (χ2n) is 13.1. The topological polar surface area (TPSA) is 239 Å². The molecule has 2 rings (SSSR count). The molecule has 6 N–H and O–H groups in total. The van der Waals surface area contributed by atoms with Crippen LogP contribution in [0.2, 0.25) is 0 Å². The van der Waals surface area contributed by atoms with Crippen molar-refractivity contribution in [2.75, 3.05) is 66.7 Å². The lowest BCUT2D eigenvalue weighted by Gasteiger charge is -2.38. The molecule has 0 bridgehead atoms. The maximum Gasteiger partial charge on any atom is 0.408 e. The van der Waals surface area contributed by atoms with E-state index in [2.05, 4.69) is 20.7 Å². The van der Waals surface area contributed by atoms with Gasteiger partial charge >= 0.3 is 30.1 Å². The molecule has 0 aromatic rings. The summed E-state index contributed by atoms with van der Waals surface area (Å²) in [6.07, 6.45) is 0.613. The molecular formula is C30H54N4O13. The van der Waals surface area contributed by atoms with E-state index in [1.165, 1.54) is 14.2 Å². The van der Waals surface area contributed by atoms with Crippen LogP contribution in [0.15, 0.2) is 0 Å². The third-order valence-electron chi connectivity index (χ3n) is 7.04. The van der Waals surface area contributed by atoms with Gasteiger partial charge in [0, 0.05) is 13.1 Å². The van der Waals surface area contributed by atoms with Crippen LogP contribution in [0.3, 0.4) is 0 Å². The summed E-state index contributed by atoms with van der Waals surface area (Å²) >= 11 is 0. The van der Waals surface area contributed by atoms with Crippen molar-refractivity contribution >= 4 is 36.0 Å². The number of alkyl carbamates (subject to hydrolysis) is 2. The Morgan fingerprint density at radius 3 is 1.43 bits per heavy atom. The molecule has 2 heterocycles. The first kappa shape index (κ1) is 43.3. The number of aliphatic carboxylic acids is 1. The smallest absolute Gasteiger partial charge is 0.408 e. The van der Waals surface area contributed by atoms with Gasteiger partial charge < -0.3 is 55.1 Å². The van der Waals surface area contributed by atoms with E-state index in [1.807, 2.05) is 0 Å². The van der Waals surface area contributed by atoms with Gasteiger partial charge in [-0.3, -0.25) is 19.2 Å². The Balaban J connectivity index is 0.000000743. The van der Waals surface area contributed by atoms with Gasteiger partial charge in [0.1, 0.15) is 24.3 Å². The summed E-state index contributed by atoms with van der Waals surface area (Å²) in [5, 5.41) is 34.4. The standard InChI is InChI=1S/C15H26N2O6.C8H15NO3.C7H13NO4/c1-14(2,3)23-13(21)16-9-11(19)17-7-5-15(10-18,6-8-17)12(20)22-4;1-12-7(11)8(6-10)2-4-9-5-3-8;1-7(2,3)12-6(11)8-4-5(9)10/h18H,5-10H2,1-4H3,(H,16,21);9-10H,2-6H2,1H3;4H2,1-3H3,(H,8,11)(H,9,10). The molecule has 17 heteroatoms. The molecule has 0 radical (unpaired) electrons. The Kier molecular flexibility index (Phi) is 18.3. The van der Waals surface area contributed by atoms with Gasteiger partial charge in [0.2, 0.25) is 5.91 Å². The van der Waals surface area contributed by atoms with Crippen molar-refractivity contribution in [3.63, 3.8) is 0 Å². The molecule has 2 saturated heterocycles. The lowest BCUT2D eigenvalue weighted by molar-refractivity contribution is -0.160. The number of hydrogen-bond acceptors (Lipinski definition) is 13. The van der Waals surface area contributed by atoms with E-state index in [9.17, 15) is 33.9 Å². The maximum absolute atomic E-state index is 12.1. The van der Waals surface area contributed by atoms with Crippen molar-refractivity contribution in [1.29, 1.82) is 0 Å². The van der Waals surface area contributed by atoms with Crippen LogP contribution in [0.25, 0.3) is 0 Å². The molecule has 0 unspecified atom stereocenters. The lowest BCUT2D eigenvalue weighted by atomic mass is 9.79. The third kappa shape index (κ3) is 16.6. The number of nitrogens with one attached hydrogen (secondary N) is 3. The molecule has 0 aromatic carbocycles. The highest BCUT2D eigenvalue weighted by Crippen LogP contribution is 2.32. The minimum absolute atomic E-state index is 0.110. The van der Waals surface area contributed by atoms with E-state index in [4.69, 9.17) is 24.4 Å². The third-order valence-corrected chi connectivity index (χ3v) is 7.04. The number of carboxylic acid groups (broad SMARTS) is 1. The lowest BCUT2D eigenvalue weighted by Crippen LogP contribution is -2.51. The van der Waals surface area contributed by atoms with Gasteiger partial charge in [-0.05, 0) is 80.3 Å². The SMILES string of the molecule is CC(C)(C)OC(=O)NCC(=O)O.COC(=O)C1(CO)CCN(C(=O)CNC(=O)OC(C)(C)C)CC1.COC(=O)C1(CO)CCNCC1. The number of aliphatic hydroxyl groups excluding tert-OH is 2. The highest BCUT2D eigenvalue weighted by Gasteiger charge is 2.43. The quantitative estimate of drug-likeness (QED) is 0.151. The average molecular weight is 679 g/mol. The van der Waals surface area contributed by atoms with Crippen molar-refractivity contribution in [3.8, 4) is 0 Å². The Hall–Kier alpha value is -3.70. The average Bonchev–Trinajstić information content (AvgIpc) is 3.01. The Bertz CT molecular complexity index is 1040. The molecule has 2 aliphatic rings. The summed E-state index contributed by atoms with van der Waals surface area (Å²) in [6.45, 7) is 11.5. The van der Waals surface area contributed by atoms with Crippen molar-refractivity contribution in [3.05, 3.63) is 0 Å². The van der Waals surface area contributed by atoms with Crippen LogP contribution in [-0.4, -0.2) is 134 Å². The summed E-state index contributed by atoms with van der Waals surface area (Å²) in [5.74, 6) is -2.10. The largest absolute Gasteiger partial charge is 0.480 e. The van der Waals surface area contributed by atoms with Crippen molar-refractivity contribution in [2.45, 2.75) is 78.4 Å². The molecule has 47 heavy (non-hydrogen) atoms. The van der Waals surface area contributed by atoms with Crippen molar-refractivity contribution in [2.24, 2.45) is 10.8 Å². The molecule has 0 saturated carbocycles. The number of likely N-dealkylation sites (tertiary alicyclic amines) is 1. The number of carboxylic acids is 1. The predicted molar refractivity (Wildman–Crippen MR) is 167 cm³/mol. The minimum Gasteiger partial charge on any atom is -0.480 e. The van der Waals surface area contributed by atoms with Crippen LogP contribution in [0.5, 0.6) is 0 Å². The number of aliphatic hydroxyl groups is 2. The first-order chi connectivity index (χ1) is 21.7. The number of carbonyl (C=O) groups is 6. The number of hydrogen-bond donors (Lipinski definition) is 6. The number of methoxy groups -OCH3 is 2. The van der Waals surface area contributed by atoms with E-state index < -0.39 is 52.7 Å². The fraction of sp³-hybridized carbons (Fsp3) is 0.800. The summed E-state index contributed by atoms with van der Waals surface area (Å²) < 4.78 is 19.2. The molecule has 0 spiro atoms. The fourth-order valence-corrected chi connectivity index (χ4v) is 4.41. The molecule has 0 aliphatic carbocycles. The molecule has 2 fully saturated rings. The molecule has 17 nitrogen and oxygen atoms in total. The highest BCUT2D eigenvalue weighted by molar-refractivity contribution is 5.83. The number of nitrogens with zero attached hydrogens (tertiary/aromatic N) is 1. The first-order valence-corrected chi connectivity index (χ1v) is 15.2. The minimum atomic E-state index is -1.10. The van der Waals surface area contributed by atoms with Gasteiger partial charge in [-0.1, -0.05) is 0 Å². The Morgan fingerprint density at radius 2 is 1.09 bits per heavy atom. The van der Waals surface area contributed by atoms with E-state index in [-0.39, 0.29) is 31.6 Å². The first-order valence-electron chi connectivity index (χ1n) is 15.2. The number of esters is 2. The zero-order valence-electron chi connectivity index (χ0n) is 28.9. The summed E-state index contributed by atoms with van der Waals surface area (Å²) in [5.41, 5.74) is -2.80. The Morgan fingerprint density at radius 1 is 0.702 bits per heavy atom. The van der Waals surface area contributed by atoms with Crippen LogP contribution in [0.1, 0.15) is 67.2 Å². The molecular weight excluding hydrogens is 624 g/mol. The second kappa shape index (κ2) is 19.8. The molecule has 272 valence electrons. The summed E-state index contributed by atoms with van der Waals surface area (Å²) in [4.78, 5) is 69.0. The van der Waals surface area contributed by atoms with Crippen LogP contribution in [0, 0.1) is 10.8 Å². The molecule has 3 amide bonds. The summed E-state index contributed by atoms with van der Waals surface area (Å²) in [7, 11) is 2.64. The molecule has 2 aliphatic heterocycles. The van der Waals surface area contributed by atoms with Crippen LogP contribution in [0.4, 0.5) is 9.59 Å². The molecule has 0 aromatic heterocycles. The summed E-state index contributed by atoms with van der Waals surface area (Å²) in [6, 6.07) is 0. The fourth-order valence-electron chi connectivity index (χ4n) is 4.41. The van der Waals surface area contributed by atoms with Gasteiger partial charge in [0.05, 0.1) is 38.3 Å². The zero-order chi connectivity index (χ0) is 36.5. The highest BCUT2D eigenvalue weighted by atomic mass is 16.6. The van der Waals surface area contributed by atoms with Gasteiger partial charge in [-0.15, -0.1) is 0 Å². The maximum atomic E-state index is 12.1. The van der Waals surface area contributed by atoms with Crippen molar-refractivity contribution in [1.82, 2.24) is 20.9 Å². The zero-order valence-corrected chi connectivity index (χ0v) is 28.9. The number of piperidine rings is 2. The monoisotopic (exact) mass is 678 g/mol. The van der Waals surface area contributed by atoms with Gasteiger partial charge in [-0.25, -0.2) is 9.59 Å². The number of amides is 3. The van der Waals surface area contributed by atoms with Crippen molar-refractivity contribution < 1.29 is 63.0 Å². The van der Waals surface area contributed by atoms with E-state index >= 15 is 0 Å². The number of ether oxygens (including phenoxy) is 4. The van der Waals surface area contributed by atoms with E-state index in [1.54, 1.807) is 46.4 Å². The number of rotatable bonds is 8. The van der Waals surface area contributed by atoms with Crippen LogP contribution >= 0.6 is 0 Å². The van der Waals surface area contributed by atoms with Gasteiger partial charge in [0.25, 0.3) is 0 Å². The normalized spacial score (nSPS) is 16.8. The van der Waals surface area contributed by atoms with Gasteiger partial charge in [-0.2, -0.15) is 0 Å². The second-order valence-corrected chi connectivity index (χ2v) is 13.1. The molecule has 0 atom stereocenters.